The van der Waals surface area contributed by atoms with Crippen molar-refractivity contribution in [3.63, 3.8) is 0 Å². The summed E-state index contributed by atoms with van der Waals surface area (Å²) in [5.74, 6) is -3.61. The summed E-state index contributed by atoms with van der Waals surface area (Å²) in [6.07, 6.45) is 1.72. The predicted octanol–water partition coefficient (Wildman–Crippen LogP) is 2.95. The van der Waals surface area contributed by atoms with Gasteiger partial charge in [0.15, 0.2) is 5.92 Å². The van der Waals surface area contributed by atoms with Crippen molar-refractivity contribution in [2.45, 2.75) is 18.4 Å². The van der Waals surface area contributed by atoms with E-state index in [0.29, 0.717) is 0 Å². The van der Waals surface area contributed by atoms with Crippen LogP contribution in [-0.4, -0.2) is 29.7 Å². The van der Waals surface area contributed by atoms with Crippen LogP contribution in [0.4, 0.5) is 0 Å². The first-order chi connectivity index (χ1) is 12.5. The van der Waals surface area contributed by atoms with Gasteiger partial charge in [0.05, 0.1) is 0 Å². The summed E-state index contributed by atoms with van der Waals surface area (Å²) in [6.45, 7) is 3.62. The third-order valence-electron chi connectivity index (χ3n) is 4.74. The Balaban J connectivity index is 1.80. The van der Waals surface area contributed by atoms with E-state index in [2.05, 4.69) is 6.58 Å². The van der Waals surface area contributed by atoms with Gasteiger partial charge >= 0.3 is 11.9 Å². The number of carbonyl (C=O) groups is 2. The normalized spacial score (nSPS) is 14.8. The zero-order valence-corrected chi connectivity index (χ0v) is 14.3. The topological polar surface area (TPSA) is 89.6 Å². The van der Waals surface area contributed by atoms with E-state index in [1.807, 2.05) is 48.5 Å². The van der Waals surface area contributed by atoms with Crippen LogP contribution in [0.5, 0.6) is 0 Å². The third-order valence-corrected chi connectivity index (χ3v) is 4.74. The molecule has 2 aromatic carbocycles. The molecule has 0 saturated heterocycles. The van der Waals surface area contributed by atoms with Crippen molar-refractivity contribution >= 4 is 11.9 Å². The second kappa shape index (κ2) is 7.54. The lowest BCUT2D eigenvalue weighted by molar-refractivity contribution is -0.159. The van der Waals surface area contributed by atoms with Gasteiger partial charge in [-0.05, 0) is 28.7 Å². The molecule has 0 aromatic heterocycles. The molecule has 1 aliphatic carbocycles. The maximum Gasteiger partial charge on any atom is 0.321 e. The number of hydrogen-bond donors (Lipinski definition) is 2. The molecule has 2 aromatic rings. The van der Waals surface area contributed by atoms with Gasteiger partial charge in [0.25, 0.3) is 0 Å². The fraction of sp³-hybridized carbons (Fsp3) is 0.238. The molecule has 0 amide bonds. The lowest BCUT2D eigenvalue weighted by Crippen LogP contribution is -2.41. The average Bonchev–Trinajstić information content (AvgIpc) is 2.94. The van der Waals surface area contributed by atoms with Gasteiger partial charge in [-0.25, -0.2) is 0 Å². The summed E-state index contributed by atoms with van der Waals surface area (Å²) in [5, 5.41) is 9.33. The summed E-state index contributed by atoms with van der Waals surface area (Å²) >= 11 is 0. The number of hydrogen-bond acceptors (Lipinski definition) is 4. The number of carboxylic acid groups (broad SMARTS) is 1. The number of fused-ring (bicyclic) bond motifs is 3. The van der Waals surface area contributed by atoms with E-state index in [4.69, 9.17) is 10.5 Å². The molecule has 2 atom stereocenters. The Bertz CT molecular complexity index is 800. The van der Waals surface area contributed by atoms with Crippen LogP contribution in [0.3, 0.4) is 0 Å². The molecule has 0 radical (unpaired) electrons. The molecule has 0 aliphatic heterocycles. The summed E-state index contributed by atoms with van der Waals surface area (Å²) in [4.78, 5) is 23.8. The smallest absolute Gasteiger partial charge is 0.321 e. The number of esters is 1. The molecule has 1 unspecified atom stereocenters. The Hall–Kier alpha value is -2.92. The zero-order chi connectivity index (χ0) is 18.7. The second-order valence-corrected chi connectivity index (χ2v) is 6.36. The van der Waals surface area contributed by atoms with Gasteiger partial charge < -0.3 is 15.6 Å². The Morgan fingerprint density at radius 3 is 2.15 bits per heavy atom. The largest absolute Gasteiger partial charge is 0.481 e. The Morgan fingerprint density at radius 2 is 1.65 bits per heavy atom. The van der Waals surface area contributed by atoms with Gasteiger partial charge in [-0.2, -0.15) is 0 Å². The lowest BCUT2D eigenvalue weighted by Gasteiger charge is -2.20. The SMILES string of the molecule is C=CCC(N)[C@H](C(=O)O)C(=O)OCC1c2ccccc2-c2ccccc21. The number of rotatable bonds is 7. The minimum absolute atomic E-state index is 0.0808. The third kappa shape index (κ3) is 3.26. The molecule has 3 rings (SSSR count). The maximum absolute atomic E-state index is 12.4. The Morgan fingerprint density at radius 1 is 1.12 bits per heavy atom. The number of nitrogens with two attached hydrogens (primary N) is 1. The molecule has 0 heterocycles. The number of carbonyl (C=O) groups excluding carboxylic acids is 1. The number of aliphatic carboxylic acids is 1. The minimum atomic E-state index is -1.40. The van der Waals surface area contributed by atoms with Crippen molar-refractivity contribution in [3.8, 4) is 11.1 Å². The number of ether oxygens (including phenoxy) is 1. The molecule has 3 N–H and O–H groups in total. The lowest BCUT2D eigenvalue weighted by atomic mass is 9.96. The van der Waals surface area contributed by atoms with Crippen LogP contribution in [0.2, 0.25) is 0 Å². The highest BCUT2D eigenvalue weighted by molar-refractivity contribution is 5.95. The van der Waals surface area contributed by atoms with Crippen molar-refractivity contribution in [2.24, 2.45) is 11.7 Å². The van der Waals surface area contributed by atoms with Crippen LogP contribution in [0, 0.1) is 5.92 Å². The molecule has 0 spiro atoms. The van der Waals surface area contributed by atoms with E-state index in [1.54, 1.807) is 0 Å². The molecule has 134 valence electrons. The maximum atomic E-state index is 12.4. The van der Waals surface area contributed by atoms with Gasteiger partial charge in [-0.15, -0.1) is 6.58 Å². The van der Waals surface area contributed by atoms with Crippen molar-refractivity contribution in [3.05, 3.63) is 72.3 Å². The van der Waals surface area contributed by atoms with Gasteiger partial charge in [-0.3, -0.25) is 9.59 Å². The van der Waals surface area contributed by atoms with E-state index in [-0.39, 0.29) is 18.9 Å². The van der Waals surface area contributed by atoms with Gasteiger partial charge in [0.2, 0.25) is 0 Å². The first-order valence-corrected chi connectivity index (χ1v) is 8.48. The highest BCUT2D eigenvalue weighted by Gasteiger charge is 2.35. The van der Waals surface area contributed by atoms with Gasteiger partial charge in [-0.1, -0.05) is 54.6 Å². The van der Waals surface area contributed by atoms with E-state index in [0.717, 1.165) is 22.3 Å². The van der Waals surface area contributed by atoms with Crippen LogP contribution in [0.15, 0.2) is 61.2 Å². The first-order valence-electron chi connectivity index (χ1n) is 8.48. The monoisotopic (exact) mass is 351 g/mol. The van der Waals surface area contributed by atoms with Gasteiger partial charge in [0, 0.05) is 12.0 Å². The molecule has 1 aliphatic rings. The van der Waals surface area contributed by atoms with Crippen LogP contribution in [-0.2, 0) is 14.3 Å². The molecule has 0 fully saturated rings. The number of benzene rings is 2. The molecular weight excluding hydrogens is 330 g/mol. The molecule has 5 heteroatoms. The van der Waals surface area contributed by atoms with Gasteiger partial charge in [0.1, 0.15) is 6.61 Å². The van der Waals surface area contributed by atoms with E-state index in [9.17, 15) is 14.7 Å². The standard InChI is InChI=1S/C21H21NO4/c1-2-7-18(22)19(20(23)24)21(25)26-12-17-15-10-5-3-8-13(15)14-9-4-6-11-16(14)17/h2-6,8-11,17-19H,1,7,12,22H2,(H,23,24)/t18?,19-/m1/s1. The van der Waals surface area contributed by atoms with Crippen molar-refractivity contribution < 1.29 is 19.4 Å². The second-order valence-electron chi connectivity index (χ2n) is 6.36. The Labute approximate surface area is 152 Å². The minimum Gasteiger partial charge on any atom is -0.481 e. The van der Waals surface area contributed by atoms with Crippen LogP contribution in [0.25, 0.3) is 11.1 Å². The zero-order valence-electron chi connectivity index (χ0n) is 14.3. The molecule has 26 heavy (non-hydrogen) atoms. The van der Waals surface area contributed by atoms with E-state index in [1.165, 1.54) is 6.08 Å². The highest BCUT2D eigenvalue weighted by atomic mass is 16.5. The number of carboxylic acids is 1. The molecule has 5 nitrogen and oxygen atoms in total. The van der Waals surface area contributed by atoms with E-state index < -0.39 is 23.9 Å². The van der Waals surface area contributed by atoms with E-state index >= 15 is 0 Å². The fourth-order valence-electron chi connectivity index (χ4n) is 3.48. The first kappa shape index (κ1) is 17.9. The quantitative estimate of drug-likeness (QED) is 0.455. The van der Waals surface area contributed by atoms with Crippen LogP contribution in [0.1, 0.15) is 23.5 Å². The molecular formula is C21H21NO4. The molecule has 0 saturated carbocycles. The highest BCUT2D eigenvalue weighted by Crippen LogP contribution is 2.44. The van der Waals surface area contributed by atoms with Crippen molar-refractivity contribution in [1.29, 1.82) is 0 Å². The Kier molecular flexibility index (Phi) is 5.19. The van der Waals surface area contributed by atoms with Crippen LogP contribution >= 0.6 is 0 Å². The fourth-order valence-corrected chi connectivity index (χ4v) is 3.48. The molecule has 0 bridgehead atoms. The van der Waals surface area contributed by atoms with Crippen LogP contribution < -0.4 is 5.73 Å². The summed E-state index contributed by atoms with van der Waals surface area (Å²) in [7, 11) is 0. The van der Waals surface area contributed by atoms with Crippen molar-refractivity contribution in [2.75, 3.05) is 6.61 Å². The summed E-state index contributed by atoms with van der Waals surface area (Å²) < 4.78 is 5.40. The predicted molar refractivity (Wildman–Crippen MR) is 98.6 cm³/mol. The van der Waals surface area contributed by atoms with Crippen molar-refractivity contribution in [1.82, 2.24) is 0 Å². The summed E-state index contributed by atoms with van der Waals surface area (Å²) in [5.41, 5.74) is 10.2. The average molecular weight is 351 g/mol. The summed E-state index contributed by atoms with van der Waals surface area (Å²) in [6, 6.07) is 15.1.